The van der Waals surface area contributed by atoms with E-state index in [0.717, 1.165) is 5.52 Å². The van der Waals surface area contributed by atoms with Crippen molar-refractivity contribution in [1.82, 2.24) is 9.97 Å². The van der Waals surface area contributed by atoms with E-state index in [1.54, 1.807) is 0 Å². The molecule has 0 spiro atoms. The maximum atomic E-state index is 11.4. The minimum atomic E-state index is -0.0784. The van der Waals surface area contributed by atoms with Gasteiger partial charge in [-0.25, -0.2) is 4.98 Å². The van der Waals surface area contributed by atoms with Crippen LogP contribution in [0.4, 0.5) is 0 Å². The van der Waals surface area contributed by atoms with Gasteiger partial charge in [-0.15, -0.1) is 0 Å². The standard InChI is InChI=1S/C11H12N2O.C2H6/c1-7(2)8-3-4-9-10(5-8)12-6-13-11(9)14;1-2/h3-7H,1-2H3,(H,12,13,14);1-2H3. The molecular weight excluding hydrogens is 200 g/mol. The summed E-state index contributed by atoms with van der Waals surface area (Å²) in [5, 5.41) is 0.650. The first-order valence-corrected chi connectivity index (χ1v) is 5.66. The molecule has 0 saturated carbocycles. The van der Waals surface area contributed by atoms with Crippen molar-refractivity contribution in [2.24, 2.45) is 0 Å². The molecule has 1 aromatic carbocycles. The van der Waals surface area contributed by atoms with Crippen LogP contribution >= 0.6 is 0 Å². The largest absolute Gasteiger partial charge is 0.313 e. The van der Waals surface area contributed by atoms with Gasteiger partial charge in [0.25, 0.3) is 5.56 Å². The predicted molar refractivity (Wildman–Crippen MR) is 67.8 cm³/mol. The molecule has 0 aliphatic rings. The fourth-order valence-corrected chi connectivity index (χ4v) is 1.44. The first kappa shape index (κ1) is 12.4. The molecule has 16 heavy (non-hydrogen) atoms. The third-order valence-electron chi connectivity index (χ3n) is 2.33. The van der Waals surface area contributed by atoms with Crippen LogP contribution in [0.3, 0.4) is 0 Å². The van der Waals surface area contributed by atoms with E-state index in [0.29, 0.717) is 11.3 Å². The quantitative estimate of drug-likeness (QED) is 0.799. The minimum absolute atomic E-state index is 0.0784. The van der Waals surface area contributed by atoms with Gasteiger partial charge in [-0.1, -0.05) is 33.8 Å². The molecule has 3 heteroatoms. The number of nitrogens with one attached hydrogen (secondary N) is 1. The van der Waals surface area contributed by atoms with Gasteiger partial charge in [-0.05, 0) is 23.6 Å². The first-order chi connectivity index (χ1) is 7.68. The molecule has 2 aromatic rings. The molecule has 0 saturated heterocycles. The number of benzene rings is 1. The number of aromatic amines is 1. The van der Waals surface area contributed by atoms with Gasteiger partial charge < -0.3 is 4.98 Å². The Labute approximate surface area is 95.5 Å². The Bertz CT molecular complexity index is 515. The molecule has 0 fully saturated rings. The Morgan fingerprint density at radius 3 is 2.56 bits per heavy atom. The number of hydrogen-bond acceptors (Lipinski definition) is 2. The minimum Gasteiger partial charge on any atom is -0.313 e. The summed E-state index contributed by atoms with van der Waals surface area (Å²) >= 11 is 0. The molecular formula is C13H18N2O. The van der Waals surface area contributed by atoms with Crippen molar-refractivity contribution < 1.29 is 0 Å². The molecule has 0 atom stereocenters. The van der Waals surface area contributed by atoms with Crippen LogP contribution in [0.15, 0.2) is 29.3 Å². The average Bonchev–Trinajstić information content (AvgIpc) is 2.31. The zero-order valence-corrected chi connectivity index (χ0v) is 10.2. The molecule has 0 unspecified atom stereocenters. The highest BCUT2D eigenvalue weighted by molar-refractivity contribution is 5.77. The van der Waals surface area contributed by atoms with Crippen LogP contribution in [0.1, 0.15) is 39.2 Å². The molecule has 1 heterocycles. The molecule has 3 nitrogen and oxygen atoms in total. The molecule has 2 rings (SSSR count). The van der Waals surface area contributed by atoms with Crippen molar-refractivity contribution in [2.75, 3.05) is 0 Å². The van der Waals surface area contributed by atoms with E-state index in [1.807, 2.05) is 32.0 Å². The third kappa shape index (κ3) is 2.48. The smallest absolute Gasteiger partial charge is 0.258 e. The van der Waals surface area contributed by atoms with Gasteiger partial charge >= 0.3 is 0 Å². The highest BCUT2D eigenvalue weighted by Gasteiger charge is 2.02. The molecule has 1 N–H and O–H groups in total. The monoisotopic (exact) mass is 218 g/mol. The van der Waals surface area contributed by atoms with Crippen molar-refractivity contribution in [1.29, 1.82) is 0 Å². The van der Waals surface area contributed by atoms with Gasteiger partial charge in [0.15, 0.2) is 0 Å². The maximum absolute atomic E-state index is 11.4. The van der Waals surface area contributed by atoms with E-state index < -0.39 is 0 Å². The van der Waals surface area contributed by atoms with Crippen LogP contribution in [0, 0.1) is 0 Å². The average molecular weight is 218 g/mol. The second-order valence-electron chi connectivity index (χ2n) is 3.66. The fraction of sp³-hybridized carbons (Fsp3) is 0.385. The van der Waals surface area contributed by atoms with Crippen LogP contribution in [0.25, 0.3) is 10.9 Å². The lowest BCUT2D eigenvalue weighted by atomic mass is 10.0. The second kappa shape index (κ2) is 5.45. The van der Waals surface area contributed by atoms with E-state index in [4.69, 9.17) is 0 Å². The van der Waals surface area contributed by atoms with E-state index >= 15 is 0 Å². The van der Waals surface area contributed by atoms with Crippen LogP contribution in [0.5, 0.6) is 0 Å². The Morgan fingerprint density at radius 2 is 1.94 bits per heavy atom. The number of H-pyrrole nitrogens is 1. The molecule has 0 amide bonds. The molecule has 0 aliphatic carbocycles. The van der Waals surface area contributed by atoms with Gasteiger partial charge in [0.2, 0.25) is 0 Å². The van der Waals surface area contributed by atoms with E-state index in [9.17, 15) is 4.79 Å². The summed E-state index contributed by atoms with van der Waals surface area (Å²) in [7, 11) is 0. The summed E-state index contributed by atoms with van der Waals surface area (Å²) in [4.78, 5) is 18.1. The van der Waals surface area contributed by atoms with Gasteiger partial charge in [-0.2, -0.15) is 0 Å². The van der Waals surface area contributed by atoms with Crippen LogP contribution in [-0.4, -0.2) is 9.97 Å². The first-order valence-electron chi connectivity index (χ1n) is 5.66. The van der Waals surface area contributed by atoms with Crippen LogP contribution in [0.2, 0.25) is 0 Å². The summed E-state index contributed by atoms with van der Waals surface area (Å²) < 4.78 is 0. The number of fused-ring (bicyclic) bond motifs is 1. The number of nitrogens with zero attached hydrogens (tertiary/aromatic N) is 1. The van der Waals surface area contributed by atoms with E-state index in [2.05, 4.69) is 23.8 Å². The lowest BCUT2D eigenvalue weighted by molar-refractivity contribution is 0.868. The molecule has 0 bridgehead atoms. The zero-order chi connectivity index (χ0) is 12.1. The Kier molecular flexibility index (Phi) is 4.23. The van der Waals surface area contributed by atoms with Gasteiger partial charge in [0, 0.05) is 0 Å². The summed E-state index contributed by atoms with van der Waals surface area (Å²) in [6.45, 7) is 8.24. The highest BCUT2D eigenvalue weighted by Crippen LogP contribution is 2.17. The van der Waals surface area contributed by atoms with Gasteiger partial charge in [0.05, 0.1) is 17.2 Å². The fourth-order valence-electron chi connectivity index (χ4n) is 1.44. The Morgan fingerprint density at radius 1 is 1.25 bits per heavy atom. The lowest BCUT2D eigenvalue weighted by Gasteiger charge is -2.05. The number of hydrogen-bond donors (Lipinski definition) is 1. The van der Waals surface area contributed by atoms with Crippen molar-refractivity contribution in [2.45, 2.75) is 33.6 Å². The summed E-state index contributed by atoms with van der Waals surface area (Å²) in [5.41, 5.74) is 1.89. The predicted octanol–water partition coefficient (Wildman–Crippen LogP) is 3.07. The summed E-state index contributed by atoms with van der Waals surface area (Å²) in [5.74, 6) is 0.459. The van der Waals surface area contributed by atoms with Gasteiger partial charge in [0.1, 0.15) is 0 Å². The van der Waals surface area contributed by atoms with Crippen molar-refractivity contribution in [3.8, 4) is 0 Å². The molecule has 0 aliphatic heterocycles. The zero-order valence-electron chi connectivity index (χ0n) is 10.2. The summed E-state index contributed by atoms with van der Waals surface area (Å²) in [6.07, 6.45) is 1.44. The van der Waals surface area contributed by atoms with Crippen molar-refractivity contribution >= 4 is 10.9 Å². The Hall–Kier alpha value is -1.64. The van der Waals surface area contributed by atoms with Crippen molar-refractivity contribution in [3.05, 3.63) is 40.4 Å². The SMILES string of the molecule is CC.CC(C)c1ccc2c(=O)[nH]cnc2c1. The number of rotatable bonds is 1. The van der Waals surface area contributed by atoms with E-state index in [-0.39, 0.29) is 5.56 Å². The van der Waals surface area contributed by atoms with Crippen LogP contribution in [-0.2, 0) is 0 Å². The topological polar surface area (TPSA) is 45.8 Å². The normalized spacial score (nSPS) is 10.1. The summed E-state index contributed by atoms with van der Waals surface area (Å²) in [6, 6.07) is 5.77. The van der Waals surface area contributed by atoms with Crippen LogP contribution < -0.4 is 5.56 Å². The highest BCUT2D eigenvalue weighted by atomic mass is 16.1. The lowest BCUT2D eigenvalue weighted by Crippen LogP contribution is -2.06. The second-order valence-corrected chi connectivity index (χ2v) is 3.66. The third-order valence-corrected chi connectivity index (χ3v) is 2.33. The maximum Gasteiger partial charge on any atom is 0.258 e. The molecule has 0 radical (unpaired) electrons. The molecule has 86 valence electrons. The Balaban J connectivity index is 0.000000606. The van der Waals surface area contributed by atoms with Crippen molar-refractivity contribution in [3.63, 3.8) is 0 Å². The van der Waals surface area contributed by atoms with Gasteiger partial charge in [-0.3, -0.25) is 4.79 Å². The number of aromatic nitrogens is 2. The van der Waals surface area contributed by atoms with E-state index in [1.165, 1.54) is 11.9 Å². The molecule has 1 aromatic heterocycles.